The Kier molecular flexibility index (Phi) is 2.87. The third-order valence-electron chi connectivity index (χ3n) is 5.39. The molecule has 5 nitrogen and oxygen atoms in total. The van der Waals surface area contributed by atoms with Crippen LogP contribution in [0.4, 0.5) is 4.39 Å². The Bertz CT molecular complexity index is 750. The summed E-state index contributed by atoms with van der Waals surface area (Å²) >= 11 is 0. The summed E-state index contributed by atoms with van der Waals surface area (Å²) in [6.07, 6.45) is 0.480. The fraction of sp³-hybridized carbons (Fsp3) is 0.471. The number of nitriles is 2. The van der Waals surface area contributed by atoms with Crippen molar-refractivity contribution in [2.75, 3.05) is 6.61 Å². The van der Waals surface area contributed by atoms with Crippen LogP contribution in [0.25, 0.3) is 0 Å². The van der Waals surface area contributed by atoms with Gasteiger partial charge in [0.05, 0.1) is 36.2 Å². The summed E-state index contributed by atoms with van der Waals surface area (Å²) in [5, 5.41) is 19.2. The maximum Gasteiger partial charge on any atom is 0.169 e. The number of halogens is 1. The molecule has 2 aliphatic heterocycles. The van der Waals surface area contributed by atoms with Gasteiger partial charge in [0.15, 0.2) is 17.5 Å². The quantitative estimate of drug-likeness (QED) is 0.782. The number of carbonyl (C=O) groups is 1. The number of benzene rings is 1. The van der Waals surface area contributed by atoms with Crippen LogP contribution in [-0.4, -0.2) is 24.8 Å². The number of Topliss-reactive ketones (excluding diaryl/α,β-unsaturated/α-hetero) is 1. The van der Waals surface area contributed by atoms with E-state index in [1.807, 2.05) is 12.1 Å². The third-order valence-corrected chi connectivity index (χ3v) is 5.39. The number of hydrogen-bond acceptors (Lipinski definition) is 5. The number of ketones is 1. The molecule has 2 saturated heterocycles. The van der Waals surface area contributed by atoms with Crippen molar-refractivity contribution >= 4 is 5.78 Å². The average molecular weight is 312 g/mol. The number of nitrogens with zero attached hydrogens (tertiary/aromatic N) is 2. The Balaban J connectivity index is 1.75. The predicted octanol–water partition coefficient (Wildman–Crippen LogP) is 2.19. The van der Waals surface area contributed by atoms with Crippen molar-refractivity contribution in [3.05, 3.63) is 35.6 Å². The molecule has 4 atom stereocenters. The van der Waals surface area contributed by atoms with Crippen molar-refractivity contribution in [2.45, 2.75) is 25.2 Å². The molecule has 3 aliphatic rings. The minimum absolute atomic E-state index is 0.0251. The van der Waals surface area contributed by atoms with Crippen LogP contribution in [-0.2, 0) is 9.47 Å². The van der Waals surface area contributed by atoms with Gasteiger partial charge >= 0.3 is 0 Å². The number of carbonyl (C=O) groups excluding carboxylic acids is 1. The van der Waals surface area contributed by atoms with E-state index in [0.717, 1.165) is 0 Å². The number of rotatable bonds is 2. The smallest absolute Gasteiger partial charge is 0.169 e. The number of fused-ring (bicyclic) bond motifs is 3. The molecule has 116 valence electrons. The minimum atomic E-state index is -1.45. The van der Waals surface area contributed by atoms with Gasteiger partial charge in [-0.2, -0.15) is 10.5 Å². The fourth-order valence-corrected chi connectivity index (χ4v) is 4.18. The van der Waals surface area contributed by atoms with Crippen LogP contribution in [0.15, 0.2) is 24.3 Å². The van der Waals surface area contributed by atoms with E-state index in [0.29, 0.717) is 25.0 Å². The molecule has 2 heterocycles. The summed E-state index contributed by atoms with van der Waals surface area (Å²) in [6, 6.07) is 9.24. The minimum Gasteiger partial charge on any atom is -0.349 e. The molecule has 1 aliphatic carbocycles. The van der Waals surface area contributed by atoms with E-state index in [1.54, 1.807) is 0 Å². The van der Waals surface area contributed by atoms with Crippen LogP contribution in [0.5, 0.6) is 0 Å². The molecule has 1 saturated carbocycles. The first-order chi connectivity index (χ1) is 11.1. The summed E-state index contributed by atoms with van der Waals surface area (Å²) in [7, 11) is 0. The Morgan fingerprint density at radius 1 is 1.26 bits per heavy atom. The van der Waals surface area contributed by atoms with Gasteiger partial charge in [0.1, 0.15) is 5.82 Å². The monoisotopic (exact) mass is 312 g/mol. The molecule has 0 N–H and O–H groups in total. The summed E-state index contributed by atoms with van der Waals surface area (Å²) in [6.45, 7) is 0.427. The number of hydrogen-bond donors (Lipinski definition) is 0. The Morgan fingerprint density at radius 3 is 2.61 bits per heavy atom. The van der Waals surface area contributed by atoms with Gasteiger partial charge in [-0.25, -0.2) is 4.39 Å². The standard InChI is InChI=1S/C17H13FN2O3/c18-11-3-1-10(2-4-11)13(21)14-16(8-19,9-20)17(14)6-5-12-7-22-15(17)23-12/h1-4,12,14-15H,5-7H2/t12-,14-,15?,17?/m0/s1. The molecule has 0 aromatic heterocycles. The summed E-state index contributed by atoms with van der Waals surface area (Å²) in [4.78, 5) is 12.9. The largest absolute Gasteiger partial charge is 0.349 e. The van der Waals surface area contributed by atoms with Gasteiger partial charge in [0.25, 0.3) is 0 Å². The lowest BCUT2D eigenvalue weighted by molar-refractivity contribution is -0.140. The van der Waals surface area contributed by atoms with Gasteiger partial charge < -0.3 is 9.47 Å². The lowest BCUT2D eigenvalue weighted by Crippen LogP contribution is -2.35. The molecular formula is C17H13FN2O3. The van der Waals surface area contributed by atoms with Gasteiger partial charge in [-0.05, 0) is 37.1 Å². The molecule has 1 aromatic carbocycles. The zero-order chi connectivity index (χ0) is 16.2. The highest BCUT2D eigenvalue weighted by atomic mass is 19.1. The maximum absolute atomic E-state index is 13.1. The first-order valence-electron chi connectivity index (χ1n) is 7.48. The fourth-order valence-electron chi connectivity index (χ4n) is 4.18. The van der Waals surface area contributed by atoms with Crippen LogP contribution in [0.3, 0.4) is 0 Å². The van der Waals surface area contributed by atoms with Crippen molar-refractivity contribution in [3.8, 4) is 12.1 Å². The van der Waals surface area contributed by atoms with Crippen LogP contribution in [0.2, 0.25) is 0 Å². The van der Waals surface area contributed by atoms with Crippen molar-refractivity contribution in [1.82, 2.24) is 0 Å². The topological polar surface area (TPSA) is 83.1 Å². The average Bonchev–Trinajstić information content (AvgIpc) is 2.94. The molecule has 23 heavy (non-hydrogen) atoms. The first kappa shape index (κ1) is 14.3. The highest BCUT2D eigenvalue weighted by molar-refractivity contribution is 6.02. The van der Waals surface area contributed by atoms with Gasteiger partial charge in [0.2, 0.25) is 0 Å². The zero-order valence-corrected chi connectivity index (χ0v) is 12.2. The van der Waals surface area contributed by atoms with Crippen molar-refractivity contribution < 1.29 is 18.7 Å². The zero-order valence-electron chi connectivity index (χ0n) is 12.2. The van der Waals surface area contributed by atoms with Gasteiger partial charge in [0, 0.05) is 5.56 Å². The molecule has 2 bridgehead atoms. The Morgan fingerprint density at radius 2 is 1.96 bits per heavy atom. The highest BCUT2D eigenvalue weighted by Crippen LogP contribution is 2.76. The van der Waals surface area contributed by atoms with Crippen LogP contribution < -0.4 is 0 Å². The van der Waals surface area contributed by atoms with Gasteiger partial charge in [-0.3, -0.25) is 4.79 Å². The van der Waals surface area contributed by atoms with Gasteiger partial charge in [-0.15, -0.1) is 0 Å². The summed E-state index contributed by atoms with van der Waals surface area (Å²) < 4.78 is 24.4. The van der Waals surface area contributed by atoms with Crippen molar-refractivity contribution in [2.24, 2.45) is 16.7 Å². The maximum atomic E-state index is 13.1. The molecule has 1 spiro atoms. The van der Waals surface area contributed by atoms with Crippen LogP contribution >= 0.6 is 0 Å². The van der Waals surface area contributed by atoms with E-state index < -0.39 is 28.9 Å². The molecule has 0 amide bonds. The highest BCUT2D eigenvalue weighted by Gasteiger charge is 2.86. The SMILES string of the molecule is N#CC1(C#N)[C@H](C(=O)c2ccc(F)cc2)C12CC[C@H]1COC2O1. The summed E-state index contributed by atoms with van der Waals surface area (Å²) in [5.41, 5.74) is -2.07. The van der Waals surface area contributed by atoms with E-state index in [4.69, 9.17) is 9.47 Å². The van der Waals surface area contributed by atoms with Crippen molar-refractivity contribution in [3.63, 3.8) is 0 Å². The predicted molar refractivity (Wildman–Crippen MR) is 74.2 cm³/mol. The second kappa shape index (κ2) is 4.61. The molecule has 0 radical (unpaired) electrons. The third kappa shape index (κ3) is 1.63. The molecule has 6 heteroatoms. The summed E-state index contributed by atoms with van der Waals surface area (Å²) in [5.74, 6) is -1.58. The lowest BCUT2D eigenvalue weighted by atomic mass is 9.86. The number of ether oxygens (including phenoxy) is 2. The second-order valence-corrected chi connectivity index (χ2v) is 6.34. The van der Waals surface area contributed by atoms with E-state index in [9.17, 15) is 19.7 Å². The first-order valence-corrected chi connectivity index (χ1v) is 7.48. The van der Waals surface area contributed by atoms with E-state index in [1.165, 1.54) is 24.3 Å². The van der Waals surface area contributed by atoms with Crippen LogP contribution in [0, 0.1) is 45.2 Å². The molecule has 3 fully saturated rings. The molecular weight excluding hydrogens is 299 g/mol. The Hall–Kier alpha value is -2.28. The molecule has 1 aromatic rings. The van der Waals surface area contributed by atoms with E-state index >= 15 is 0 Å². The van der Waals surface area contributed by atoms with Crippen molar-refractivity contribution in [1.29, 1.82) is 10.5 Å². The second-order valence-electron chi connectivity index (χ2n) is 6.34. The molecule has 2 unspecified atom stereocenters. The normalized spacial score (nSPS) is 36.2. The van der Waals surface area contributed by atoms with Gasteiger partial charge in [-0.1, -0.05) is 0 Å². The molecule has 4 rings (SSSR count). The van der Waals surface area contributed by atoms with E-state index in [2.05, 4.69) is 0 Å². The van der Waals surface area contributed by atoms with Crippen LogP contribution in [0.1, 0.15) is 23.2 Å². The Labute approximate surface area is 132 Å². The lowest BCUT2D eigenvalue weighted by Gasteiger charge is -2.29. The van der Waals surface area contributed by atoms with E-state index in [-0.39, 0.29) is 11.9 Å².